The van der Waals surface area contributed by atoms with E-state index in [2.05, 4.69) is 20.8 Å². The molecule has 1 amide bonds. The highest BCUT2D eigenvalue weighted by molar-refractivity contribution is 7.80. The van der Waals surface area contributed by atoms with Crippen LogP contribution in [0, 0.1) is 0 Å². The molecule has 0 bridgehead atoms. The van der Waals surface area contributed by atoms with Crippen molar-refractivity contribution < 1.29 is 4.79 Å². The van der Waals surface area contributed by atoms with Crippen molar-refractivity contribution in [2.75, 3.05) is 5.32 Å². The van der Waals surface area contributed by atoms with Gasteiger partial charge in [0.15, 0.2) is 5.11 Å². The number of para-hydroxylation sites is 1. The molecular weight excluding hydrogens is 402 g/mol. The normalized spacial score (nSPS) is 10.7. The van der Waals surface area contributed by atoms with Crippen LogP contribution < -0.4 is 10.6 Å². The van der Waals surface area contributed by atoms with Gasteiger partial charge in [-0.2, -0.15) is 4.80 Å². The fraction of sp³-hybridized carbons (Fsp3) is 0. The second-order valence-corrected chi connectivity index (χ2v) is 7.29. The van der Waals surface area contributed by atoms with Crippen LogP contribution in [-0.2, 0) is 0 Å². The Hall–Kier alpha value is -2.81. The van der Waals surface area contributed by atoms with Gasteiger partial charge in [0.1, 0.15) is 11.0 Å². The van der Waals surface area contributed by atoms with Crippen LogP contribution >= 0.6 is 35.2 Å². The molecule has 0 radical (unpaired) electrons. The predicted molar refractivity (Wildman–Crippen MR) is 112 cm³/mol. The highest BCUT2D eigenvalue weighted by atomic mass is 35.5. The third-order valence-corrected chi connectivity index (χ3v) is 5.06. The van der Waals surface area contributed by atoms with Crippen LogP contribution in [0.1, 0.15) is 9.67 Å². The number of nitrogens with zero attached hydrogens (tertiary/aromatic N) is 3. The molecule has 2 aromatic carbocycles. The summed E-state index contributed by atoms with van der Waals surface area (Å²) in [6, 6.07) is 16.6. The van der Waals surface area contributed by atoms with Crippen molar-refractivity contribution in [3.63, 3.8) is 0 Å². The van der Waals surface area contributed by atoms with E-state index in [1.165, 1.54) is 11.3 Å². The Bertz CT molecular complexity index is 1130. The number of amides is 1. The zero-order valence-electron chi connectivity index (χ0n) is 13.7. The Balaban J connectivity index is 1.56. The minimum Gasteiger partial charge on any atom is -0.331 e. The molecule has 2 aromatic heterocycles. The lowest BCUT2D eigenvalue weighted by Crippen LogP contribution is -2.33. The van der Waals surface area contributed by atoms with E-state index in [1.54, 1.807) is 29.1 Å². The van der Waals surface area contributed by atoms with Gasteiger partial charge in [0.2, 0.25) is 0 Å². The summed E-state index contributed by atoms with van der Waals surface area (Å²) in [6.07, 6.45) is 0. The highest BCUT2D eigenvalue weighted by Crippen LogP contribution is 2.27. The summed E-state index contributed by atoms with van der Waals surface area (Å²) in [5, 5.41) is 16.9. The van der Waals surface area contributed by atoms with Crippen LogP contribution in [0.25, 0.3) is 16.7 Å². The molecule has 0 aliphatic carbocycles. The number of halogens is 1. The van der Waals surface area contributed by atoms with Crippen molar-refractivity contribution in [1.82, 2.24) is 20.3 Å². The molecule has 0 aliphatic rings. The highest BCUT2D eigenvalue weighted by Gasteiger charge is 2.13. The van der Waals surface area contributed by atoms with Gasteiger partial charge in [-0.05, 0) is 47.9 Å². The Morgan fingerprint density at radius 2 is 1.81 bits per heavy atom. The zero-order chi connectivity index (χ0) is 18.8. The lowest BCUT2D eigenvalue weighted by Gasteiger charge is -2.10. The first-order valence-corrected chi connectivity index (χ1v) is 9.54. The first kappa shape index (κ1) is 17.6. The molecule has 27 heavy (non-hydrogen) atoms. The summed E-state index contributed by atoms with van der Waals surface area (Å²) in [7, 11) is 0. The van der Waals surface area contributed by atoms with Crippen LogP contribution in [0.2, 0.25) is 5.02 Å². The number of hydrogen-bond acceptors (Lipinski definition) is 5. The summed E-state index contributed by atoms with van der Waals surface area (Å²) in [5.41, 5.74) is 2.69. The maximum absolute atomic E-state index is 12.1. The zero-order valence-corrected chi connectivity index (χ0v) is 16.1. The summed E-state index contributed by atoms with van der Waals surface area (Å²) in [4.78, 5) is 14.2. The average Bonchev–Trinajstić information content (AvgIpc) is 3.32. The summed E-state index contributed by atoms with van der Waals surface area (Å²) >= 11 is 12.9. The molecule has 0 aliphatic heterocycles. The van der Waals surface area contributed by atoms with Crippen molar-refractivity contribution in [3.05, 3.63) is 69.9 Å². The molecule has 4 aromatic rings. The van der Waals surface area contributed by atoms with E-state index < -0.39 is 0 Å². The number of rotatable bonds is 3. The van der Waals surface area contributed by atoms with E-state index in [0.717, 1.165) is 5.69 Å². The summed E-state index contributed by atoms with van der Waals surface area (Å²) < 4.78 is 0. The van der Waals surface area contributed by atoms with Crippen molar-refractivity contribution in [2.24, 2.45) is 0 Å². The number of thiocarbonyl (C=S) groups is 1. The number of carbonyl (C=O) groups excluding carboxylic acids is 1. The second-order valence-electron chi connectivity index (χ2n) is 5.53. The van der Waals surface area contributed by atoms with Crippen LogP contribution in [0.3, 0.4) is 0 Å². The quantitative estimate of drug-likeness (QED) is 0.491. The summed E-state index contributed by atoms with van der Waals surface area (Å²) in [5.74, 6) is -0.269. The molecule has 0 saturated carbocycles. The second kappa shape index (κ2) is 7.43. The SMILES string of the molecule is O=C(NC(=S)Nc1cc2nn(-c3ccccc3)nc2cc1Cl)c1cccs1. The number of fused-ring (bicyclic) bond motifs is 1. The van der Waals surface area contributed by atoms with Crippen LogP contribution in [0.5, 0.6) is 0 Å². The molecule has 0 atom stereocenters. The van der Waals surface area contributed by atoms with Gasteiger partial charge in [-0.25, -0.2) is 0 Å². The average molecular weight is 414 g/mol. The number of nitrogens with one attached hydrogen (secondary N) is 2. The van der Waals surface area contributed by atoms with Gasteiger partial charge in [0.25, 0.3) is 5.91 Å². The minimum atomic E-state index is -0.269. The van der Waals surface area contributed by atoms with Gasteiger partial charge in [-0.1, -0.05) is 35.9 Å². The fourth-order valence-corrected chi connectivity index (χ4v) is 3.46. The Labute approximate surface area is 168 Å². The number of hydrogen-bond donors (Lipinski definition) is 2. The van der Waals surface area contributed by atoms with Crippen LogP contribution in [0.15, 0.2) is 60.0 Å². The van der Waals surface area contributed by atoms with E-state index in [1.807, 2.05) is 35.7 Å². The van der Waals surface area contributed by atoms with E-state index in [-0.39, 0.29) is 11.0 Å². The van der Waals surface area contributed by atoms with E-state index in [4.69, 9.17) is 23.8 Å². The molecule has 2 heterocycles. The number of carbonyl (C=O) groups is 1. The molecule has 4 rings (SSSR count). The third kappa shape index (κ3) is 3.82. The summed E-state index contributed by atoms with van der Waals surface area (Å²) in [6.45, 7) is 0. The molecule has 6 nitrogen and oxygen atoms in total. The van der Waals surface area contributed by atoms with E-state index in [0.29, 0.717) is 26.6 Å². The van der Waals surface area contributed by atoms with E-state index >= 15 is 0 Å². The van der Waals surface area contributed by atoms with E-state index in [9.17, 15) is 4.79 Å². The molecule has 0 fully saturated rings. The minimum absolute atomic E-state index is 0.158. The first-order chi connectivity index (χ1) is 13.1. The number of benzene rings is 2. The van der Waals surface area contributed by atoms with Gasteiger partial charge < -0.3 is 5.32 Å². The molecule has 2 N–H and O–H groups in total. The molecule has 134 valence electrons. The monoisotopic (exact) mass is 413 g/mol. The Morgan fingerprint density at radius 3 is 2.52 bits per heavy atom. The molecular formula is C18H12ClN5OS2. The largest absolute Gasteiger partial charge is 0.331 e. The maximum atomic E-state index is 12.1. The third-order valence-electron chi connectivity index (χ3n) is 3.68. The van der Waals surface area contributed by atoms with Gasteiger partial charge >= 0.3 is 0 Å². The van der Waals surface area contributed by atoms with Gasteiger partial charge in [0, 0.05) is 0 Å². The predicted octanol–water partition coefficient (Wildman–Crippen LogP) is 4.26. The fourth-order valence-electron chi connectivity index (χ4n) is 2.44. The van der Waals surface area contributed by atoms with Crippen LogP contribution in [0.4, 0.5) is 5.69 Å². The van der Waals surface area contributed by atoms with Gasteiger partial charge in [0.05, 0.1) is 21.3 Å². The lowest BCUT2D eigenvalue weighted by molar-refractivity contribution is 0.0981. The standard InChI is InChI=1S/C18H12ClN5OS2/c19-12-9-14-15(23-24(22-14)11-5-2-1-3-6-11)10-13(12)20-18(26)21-17(25)16-7-4-8-27-16/h1-10H,(H2,20,21,25,26). The van der Waals surface area contributed by atoms with Gasteiger partial charge in [-0.3, -0.25) is 10.1 Å². The van der Waals surface area contributed by atoms with Crippen molar-refractivity contribution in [1.29, 1.82) is 0 Å². The van der Waals surface area contributed by atoms with Gasteiger partial charge in [-0.15, -0.1) is 21.5 Å². The maximum Gasteiger partial charge on any atom is 0.267 e. The smallest absolute Gasteiger partial charge is 0.267 e. The van der Waals surface area contributed by atoms with Crippen molar-refractivity contribution in [2.45, 2.75) is 0 Å². The first-order valence-electron chi connectivity index (χ1n) is 7.88. The topological polar surface area (TPSA) is 71.8 Å². The molecule has 0 saturated heterocycles. The lowest BCUT2D eigenvalue weighted by atomic mass is 10.3. The number of aromatic nitrogens is 3. The molecule has 0 unspecified atom stereocenters. The Kier molecular flexibility index (Phi) is 4.85. The molecule has 9 heteroatoms. The number of anilines is 1. The van der Waals surface area contributed by atoms with Crippen LogP contribution in [-0.4, -0.2) is 26.0 Å². The Morgan fingerprint density at radius 1 is 1.07 bits per heavy atom. The number of thiophene rings is 1. The van der Waals surface area contributed by atoms with Crippen molar-refractivity contribution >= 4 is 62.9 Å². The van der Waals surface area contributed by atoms with Crippen molar-refractivity contribution in [3.8, 4) is 5.69 Å². The molecule has 0 spiro atoms.